The number of hydrogen-bond donors (Lipinski definition) is 0. The number of pyridine rings is 1. The van der Waals surface area contributed by atoms with Gasteiger partial charge < -0.3 is 4.52 Å². The standard InChI is InChI=1S/C9H6BrN3O/c1-2-8-12-9(13-14-8)6-3-7(10)5-11-4-6/h2-5H,1H2. The van der Waals surface area contributed by atoms with E-state index in [9.17, 15) is 0 Å². The molecule has 0 bridgehead atoms. The molecule has 0 amide bonds. The first-order chi connectivity index (χ1) is 6.79. The number of nitrogens with zero attached hydrogens (tertiary/aromatic N) is 3. The molecule has 0 atom stereocenters. The van der Waals surface area contributed by atoms with E-state index in [1.807, 2.05) is 6.07 Å². The van der Waals surface area contributed by atoms with E-state index in [0.717, 1.165) is 10.0 Å². The van der Waals surface area contributed by atoms with Gasteiger partial charge in [0.05, 0.1) is 0 Å². The Morgan fingerprint density at radius 3 is 2.93 bits per heavy atom. The smallest absolute Gasteiger partial charge is 0.250 e. The molecule has 0 unspecified atom stereocenters. The van der Waals surface area contributed by atoms with E-state index in [0.29, 0.717) is 11.7 Å². The lowest BCUT2D eigenvalue weighted by atomic mass is 10.3. The highest BCUT2D eigenvalue weighted by Gasteiger charge is 2.06. The van der Waals surface area contributed by atoms with Crippen molar-refractivity contribution < 1.29 is 4.52 Å². The maximum Gasteiger partial charge on any atom is 0.250 e. The molecule has 2 aromatic heterocycles. The molecule has 0 aliphatic heterocycles. The predicted octanol–water partition coefficient (Wildman–Crippen LogP) is 2.54. The zero-order valence-corrected chi connectivity index (χ0v) is 8.73. The lowest BCUT2D eigenvalue weighted by molar-refractivity contribution is 0.411. The van der Waals surface area contributed by atoms with Crippen molar-refractivity contribution in [3.63, 3.8) is 0 Å². The van der Waals surface area contributed by atoms with Crippen molar-refractivity contribution in [2.45, 2.75) is 0 Å². The SMILES string of the molecule is C=Cc1nc(-c2cncc(Br)c2)no1. The summed E-state index contributed by atoms with van der Waals surface area (Å²) in [5, 5.41) is 3.78. The summed E-state index contributed by atoms with van der Waals surface area (Å²) in [5.74, 6) is 0.911. The lowest BCUT2D eigenvalue weighted by Crippen LogP contribution is -1.82. The van der Waals surface area contributed by atoms with Gasteiger partial charge in [0, 0.05) is 22.4 Å². The van der Waals surface area contributed by atoms with Crippen molar-refractivity contribution in [2.75, 3.05) is 0 Å². The van der Waals surface area contributed by atoms with Gasteiger partial charge in [0.15, 0.2) is 0 Å². The largest absolute Gasteiger partial charge is 0.334 e. The predicted molar refractivity (Wildman–Crippen MR) is 55.3 cm³/mol. The van der Waals surface area contributed by atoms with Crippen LogP contribution in [0.1, 0.15) is 5.89 Å². The highest BCUT2D eigenvalue weighted by molar-refractivity contribution is 9.10. The van der Waals surface area contributed by atoms with Crippen molar-refractivity contribution in [3.8, 4) is 11.4 Å². The van der Waals surface area contributed by atoms with Crippen molar-refractivity contribution in [3.05, 3.63) is 35.4 Å². The Kier molecular flexibility index (Phi) is 2.41. The van der Waals surface area contributed by atoms with Crippen LogP contribution in [0.3, 0.4) is 0 Å². The summed E-state index contributed by atoms with van der Waals surface area (Å²) in [6.45, 7) is 3.53. The molecule has 2 aromatic rings. The summed E-state index contributed by atoms with van der Waals surface area (Å²) in [4.78, 5) is 8.08. The first kappa shape index (κ1) is 9.08. The van der Waals surface area contributed by atoms with E-state index in [1.165, 1.54) is 6.08 Å². The van der Waals surface area contributed by atoms with Gasteiger partial charge in [-0.3, -0.25) is 4.98 Å². The summed E-state index contributed by atoms with van der Waals surface area (Å²) in [5.41, 5.74) is 0.802. The fourth-order valence-corrected chi connectivity index (χ4v) is 1.33. The topological polar surface area (TPSA) is 51.8 Å². The third-order valence-electron chi connectivity index (χ3n) is 1.58. The van der Waals surface area contributed by atoms with Gasteiger partial charge >= 0.3 is 0 Å². The molecule has 0 aromatic carbocycles. The maximum absolute atomic E-state index is 4.89. The molecule has 0 fully saturated rings. The highest BCUT2D eigenvalue weighted by Crippen LogP contribution is 2.18. The monoisotopic (exact) mass is 251 g/mol. The summed E-state index contributed by atoms with van der Waals surface area (Å²) in [6.07, 6.45) is 4.86. The minimum Gasteiger partial charge on any atom is -0.334 e. The number of rotatable bonds is 2. The Morgan fingerprint density at radius 1 is 1.43 bits per heavy atom. The van der Waals surface area contributed by atoms with Gasteiger partial charge in [0.1, 0.15) is 0 Å². The van der Waals surface area contributed by atoms with Gasteiger partial charge in [0.25, 0.3) is 0 Å². The van der Waals surface area contributed by atoms with Gasteiger partial charge in [-0.2, -0.15) is 4.98 Å². The van der Waals surface area contributed by atoms with E-state index in [-0.39, 0.29) is 0 Å². The van der Waals surface area contributed by atoms with E-state index < -0.39 is 0 Å². The average molecular weight is 252 g/mol. The molecular formula is C9H6BrN3O. The van der Waals surface area contributed by atoms with Crippen LogP contribution in [0.25, 0.3) is 17.5 Å². The van der Waals surface area contributed by atoms with Crippen LogP contribution in [0.5, 0.6) is 0 Å². The van der Waals surface area contributed by atoms with Crippen LogP contribution in [0.2, 0.25) is 0 Å². The maximum atomic E-state index is 4.89. The molecule has 2 rings (SSSR count). The molecule has 0 spiro atoms. The van der Waals surface area contributed by atoms with Crippen LogP contribution < -0.4 is 0 Å². The van der Waals surface area contributed by atoms with E-state index in [4.69, 9.17) is 4.52 Å². The van der Waals surface area contributed by atoms with Crippen molar-refractivity contribution in [1.29, 1.82) is 0 Å². The second-order valence-electron chi connectivity index (χ2n) is 2.55. The van der Waals surface area contributed by atoms with Crippen LogP contribution in [0, 0.1) is 0 Å². The number of halogens is 1. The second kappa shape index (κ2) is 3.71. The molecule has 0 saturated carbocycles. The Balaban J connectivity index is 2.43. The minimum atomic E-state index is 0.403. The van der Waals surface area contributed by atoms with Gasteiger partial charge in [0.2, 0.25) is 11.7 Å². The third-order valence-corrected chi connectivity index (χ3v) is 2.01. The van der Waals surface area contributed by atoms with Gasteiger partial charge in [-0.05, 0) is 28.1 Å². The summed E-state index contributed by atoms with van der Waals surface area (Å²) < 4.78 is 5.76. The first-order valence-electron chi connectivity index (χ1n) is 3.86. The number of aromatic nitrogens is 3. The summed E-state index contributed by atoms with van der Waals surface area (Å²) in [7, 11) is 0. The van der Waals surface area contributed by atoms with Gasteiger partial charge in [-0.25, -0.2) is 0 Å². The fraction of sp³-hybridized carbons (Fsp3) is 0. The third kappa shape index (κ3) is 1.72. The Bertz CT molecular complexity index is 467. The van der Waals surface area contributed by atoms with Crippen LogP contribution in [0.15, 0.2) is 34.0 Å². The molecular weight excluding hydrogens is 246 g/mol. The second-order valence-corrected chi connectivity index (χ2v) is 3.47. The van der Waals surface area contributed by atoms with Crippen molar-refractivity contribution in [2.24, 2.45) is 0 Å². The molecule has 70 valence electrons. The fourth-order valence-electron chi connectivity index (χ4n) is 0.970. The van der Waals surface area contributed by atoms with Crippen LogP contribution >= 0.6 is 15.9 Å². The Labute approximate surface area is 88.8 Å². The average Bonchev–Trinajstić information content (AvgIpc) is 2.66. The normalized spacial score (nSPS) is 10.1. The molecule has 4 nitrogen and oxygen atoms in total. The summed E-state index contributed by atoms with van der Waals surface area (Å²) >= 11 is 3.31. The van der Waals surface area contributed by atoms with Gasteiger partial charge in [-0.1, -0.05) is 11.7 Å². The Morgan fingerprint density at radius 2 is 2.29 bits per heavy atom. The molecule has 0 saturated heterocycles. The lowest BCUT2D eigenvalue weighted by Gasteiger charge is -1.92. The van der Waals surface area contributed by atoms with Gasteiger partial charge in [-0.15, -0.1) is 0 Å². The van der Waals surface area contributed by atoms with Crippen molar-refractivity contribution >= 4 is 22.0 Å². The zero-order valence-electron chi connectivity index (χ0n) is 7.14. The Hall–Kier alpha value is -1.49. The van der Waals surface area contributed by atoms with E-state index in [1.54, 1.807) is 12.4 Å². The molecule has 2 heterocycles. The highest BCUT2D eigenvalue weighted by atomic mass is 79.9. The quantitative estimate of drug-likeness (QED) is 0.824. The molecule has 14 heavy (non-hydrogen) atoms. The van der Waals surface area contributed by atoms with E-state index >= 15 is 0 Å². The van der Waals surface area contributed by atoms with Crippen LogP contribution in [-0.4, -0.2) is 15.1 Å². The molecule has 0 aliphatic carbocycles. The zero-order chi connectivity index (χ0) is 9.97. The van der Waals surface area contributed by atoms with E-state index in [2.05, 4.69) is 37.6 Å². The first-order valence-corrected chi connectivity index (χ1v) is 4.66. The summed E-state index contributed by atoms with van der Waals surface area (Å²) in [6, 6.07) is 1.87. The minimum absolute atomic E-state index is 0.403. The molecule has 5 heteroatoms. The molecule has 0 N–H and O–H groups in total. The molecule has 0 aliphatic rings. The van der Waals surface area contributed by atoms with Crippen LogP contribution in [0.4, 0.5) is 0 Å². The van der Waals surface area contributed by atoms with Crippen LogP contribution in [-0.2, 0) is 0 Å². The van der Waals surface area contributed by atoms with Crippen molar-refractivity contribution in [1.82, 2.24) is 15.1 Å². The number of hydrogen-bond acceptors (Lipinski definition) is 4. The molecule has 0 radical (unpaired) electrons.